The number of anilines is 2. The molecule has 19 nitrogen and oxygen atoms in total. The molecule has 7 heterocycles. The zero-order chi connectivity index (χ0) is 31.0. The van der Waals surface area contributed by atoms with Crippen LogP contribution in [-0.4, -0.2) is 86.2 Å². The molecule has 3 aliphatic rings. The average Bonchev–Trinajstić information content (AvgIpc) is 3.72. The fraction of sp³-hybridized carbons (Fsp3) is 0.476. The van der Waals surface area contributed by atoms with E-state index in [9.17, 15) is 22.3 Å². The highest BCUT2D eigenvalue weighted by molar-refractivity contribution is 7.84. The molecule has 3 saturated heterocycles. The molecule has 44 heavy (non-hydrogen) atoms. The van der Waals surface area contributed by atoms with Crippen molar-refractivity contribution in [2.45, 2.75) is 49.5 Å². The van der Waals surface area contributed by atoms with Gasteiger partial charge in [-0.05, 0) is 0 Å². The largest absolute Gasteiger partial charge is 0.756 e. The standard InChI is InChI=1S/C21H23F2N10O9PS/c22-8-3-32(19-13(8)17(24)26-5-28-19)12-1-9-11(39-12)4-38-43(34,35)41-16-10(2-31-44(36,37)42-9)40-21(14(16)23)33-7-30-15-18(25)27-6-29-20(15)33/h3,5-7,9-12,14,16,21,31H,1-2,4H2,(H,34,35)(H2,24,26,28)(H2,25,27,29)/p-1/t9-,10+,11+,12+,14+,16+,21+/m0/s1. The maximum Gasteiger partial charge on any atom is 0.336 e. The molecule has 236 valence electrons. The lowest BCUT2D eigenvalue weighted by atomic mass is 10.1. The molecule has 0 amide bonds. The van der Waals surface area contributed by atoms with E-state index in [2.05, 4.69) is 29.6 Å². The molecule has 23 heteroatoms. The van der Waals surface area contributed by atoms with Gasteiger partial charge in [-0.2, -0.15) is 13.1 Å². The summed E-state index contributed by atoms with van der Waals surface area (Å²) in [5.74, 6) is -0.886. The Balaban J connectivity index is 1.15. The lowest BCUT2D eigenvalue weighted by Gasteiger charge is -2.31. The summed E-state index contributed by atoms with van der Waals surface area (Å²) in [6.07, 6.45) is -6.59. The van der Waals surface area contributed by atoms with Gasteiger partial charge in [0.2, 0.25) is 0 Å². The van der Waals surface area contributed by atoms with Gasteiger partial charge >= 0.3 is 10.3 Å². The second-order valence-corrected chi connectivity index (χ2v) is 12.8. The molecular weight excluding hydrogens is 637 g/mol. The zero-order valence-electron chi connectivity index (χ0n) is 22.0. The summed E-state index contributed by atoms with van der Waals surface area (Å²) >= 11 is 0. The smallest absolute Gasteiger partial charge is 0.336 e. The number of nitrogens with two attached hydrogens (primary N) is 2. The van der Waals surface area contributed by atoms with E-state index in [4.69, 9.17) is 34.2 Å². The van der Waals surface area contributed by atoms with Crippen molar-refractivity contribution in [2.24, 2.45) is 0 Å². The van der Waals surface area contributed by atoms with Crippen LogP contribution in [0.1, 0.15) is 18.9 Å². The number of ether oxygens (including phenoxy) is 2. The quantitative estimate of drug-likeness (QED) is 0.223. The number of imidazole rings is 1. The number of halogens is 2. The first-order chi connectivity index (χ1) is 20.9. The van der Waals surface area contributed by atoms with Crippen LogP contribution in [0.5, 0.6) is 0 Å². The third-order valence-electron chi connectivity index (χ3n) is 7.37. The maximum absolute atomic E-state index is 15.8. The van der Waals surface area contributed by atoms with Crippen LogP contribution in [-0.2, 0) is 37.6 Å². The van der Waals surface area contributed by atoms with Crippen molar-refractivity contribution in [3.63, 3.8) is 0 Å². The topological polar surface area (TPSA) is 259 Å². The van der Waals surface area contributed by atoms with E-state index in [0.29, 0.717) is 0 Å². The monoisotopic (exact) mass is 659 g/mol. The van der Waals surface area contributed by atoms with Gasteiger partial charge in [-0.3, -0.25) is 13.3 Å². The van der Waals surface area contributed by atoms with Crippen LogP contribution in [0.4, 0.5) is 20.4 Å². The number of rotatable bonds is 2. The molecule has 7 rings (SSSR count). The van der Waals surface area contributed by atoms with E-state index in [0.717, 1.165) is 29.7 Å². The van der Waals surface area contributed by atoms with E-state index in [1.54, 1.807) is 0 Å². The predicted octanol–water partition coefficient (Wildman–Crippen LogP) is -0.799. The van der Waals surface area contributed by atoms with Gasteiger partial charge in [0.1, 0.15) is 54.6 Å². The van der Waals surface area contributed by atoms with Gasteiger partial charge in [-0.25, -0.2) is 33.7 Å². The molecule has 5 N–H and O–H groups in total. The van der Waals surface area contributed by atoms with Gasteiger partial charge in [0, 0.05) is 19.2 Å². The second kappa shape index (κ2) is 10.6. The Labute approximate surface area is 245 Å². The van der Waals surface area contributed by atoms with Crippen LogP contribution >= 0.6 is 7.82 Å². The molecule has 4 aromatic rings. The molecule has 8 atom stereocenters. The van der Waals surface area contributed by atoms with Crippen LogP contribution < -0.4 is 21.1 Å². The summed E-state index contributed by atoms with van der Waals surface area (Å²) in [5.41, 5.74) is 11.8. The Morgan fingerprint density at radius 3 is 2.57 bits per heavy atom. The molecule has 4 aromatic heterocycles. The van der Waals surface area contributed by atoms with E-state index >= 15 is 4.39 Å². The fourth-order valence-corrected chi connectivity index (χ4v) is 7.30. The van der Waals surface area contributed by atoms with Crippen molar-refractivity contribution >= 4 is 52.0 Å². The average molecular weight is 660 g/mol. The summed E-state index contributed by atoms with van der Waals surface area (Å²) in [6.45, 7) is -1.46. The number of phosphoric ester groups is 1. The minimum atomic E-state index is -5.28. The summed E-state index contributed by atoms with van der Waals surface area (Å²) in [7, 11) is -9.86. The van der Waals surface area contributed by atoms with Crippen molar-refractivity contribution in [2.75, 3.05) is 24.6 Å². The number of phosphoric acid groups is 1. The lowest BCUT2D eigenvalue weighted by molar-refractivity contribution is -0.235. The van der Waals surface area contributed by atoms with Crippen molar-refractivity contribution in [3.8, 4) is 0 Å². The fourth-order valence-electron chi connectivity index (χ4n) is 5.39. The molecular formula is C21H22F2N10O9PS-. The van der Waals surface area contributed by atoms with Crippen molar-refractivity contribution in [1.82, 2.24) is 38.8 Å². The molecule has 0 aromatic carbocycles. The van der Waals surface area contributed by atoms with Gasteiger partial charge < -0.3 is 39.4 Å². The molecule has 3 fully saturated rings. The Hall–Kier alpha value is -3.47. The Morgan fingerprint density at radius 1 is 1.02 bits per heavy atom. The zero-order valence-corrected chi connectivity index (χ0v) is 23.8. The van der Waals surface area contributed by atoms with E-state index in [1.807, 2.05) is 0 Å². The third-order valence-corrected chi connectivity index (χ3v) is 9.36. The van der Waals surface area contributed by atoms with Gasteiger partial charge in [0.15, 0.2) is 35.3 Å². The van der Waals surface area contributed by atoms with E-state index in [-0.39, 0.29) is 40.3 Å². The minimum absolute atomic E-state index is 0.00905. The first-order valence-electron chi connectivity index (χ1n) is 12.9. The van der Waals surface area contributed by atoms with Crippen molar-refractivity contribution < 1.29 is 49.4 Å². The number of nitrogen functional groups attached to an aromatic ring is 2. The molecule has 0 spiro atoms. The predicted molar refractivity (Wildman–Crippen MR) is 139 cm³/mol. The molecule has 0 bridgehead atoms. The normalized spacial score (nSPS) is 34.4. The highest BCUT2D eigenvalue weighted by Crippen LogP contribution is 2.47. The highest BCUT2D eigenvalue weighted by atomic mass is 32.2. The molecule has 0 aliphatic carbocycles. The SMILES string of the molecule is Nc1ncnc2c1ncn2[C@@H]1O[C@@H]2CNS(=O)(=O)O[C@H]3C[C@H](n4cc(F)c5c(N)ncnc54)O[C@@H]3COP(=O)([O-])O[C@H]2[C@H]1F. The summed E-state index contributed by atoms with van der Waals surface area (Å²) in [6, 6.07) is 0. The van der Waals surface area contributed by atoms with Crippen LogP contribution in [0.3, 0.4) is 0 Å². The van der Waals surface area contributed by atoms with Gasteiger partial charge in [-0.15, -0.1) is 0 Å². The first-order valence-corrected chi connectivity index (χ1v) is 15.7. The van der Waals surface area contributed by atoms with Crippen LogP contribution in [0.2, 0.25) is 0 Å². The number of fused-ring (bicyclic) bond motifs is 4. The van der Waals surface area contributed by atoms with Crippen LogP contribution in [0, 0.1) is 5.82 Å². The highest BCUT2D eigenvalue weighted by Gasteiger charge is 2.50. The second-order valence-electron chi connectivity index (χ2n) is 10.0. The Bertz CT molecular complexity index is 1910. The lowest BCUT2D eigenvalue weighted by Crippen LogP contribution is -2.44. The van der Waals surface area contributed by atoms with Crippen molar-refractivity contribution in [1.29, 1.82) is 0 Å². The molecule has 0 saturated carbocycles. The maximum atomic E-state index is 15.8. The molecule has 0 radical (unpaired) electrons. The van der Waals surface area contributed by atoms with Gasteiger partial charge in [-0.1, -0.05) is 0 Å². The van der Waals surface area contributed by atoms with Crippen LogP contribution in [0.25, 0.3) is 22.2 Å². The third kappa shape index (κ3) is 5.06. The molecule has 1 unspecified atom stereocenters. The minimum Gasteiger partial charge on any atom is -0.756 e. The van der Waals surface area contributed by atoms with Crippen LogP contribution in [0.15, 0.2) is 25.2 Å². The van der Waals surface area contributed by atoms with Gasteiger partial charge in [0.05, 0.1) is 18.3 Å². The van der Waals surface area contributed by atoms with E-state index in [1.165, 1.54) is 4.57 Å². The number of hydrogen-bond acceptors (Lipinski definition) is 16. The number of aromatic nitrogens is 7. The Kier molecular flexibility index (Phi) is 7.02. The Morgan fingerprint density at radius 2 is 1.77 bits per heavy atom. The molecule has 3 aliphatic heterocycles. The summed E-state index contributed by atoms with van der Waals surface area (Å²) < 4.78 is 101. The first kappa shape index (κ1) is 29.3. The van der Waals surface area contributed by atoms with Gasteiger partial charge in [0.25, 0.3) is 7.82 Å². The van der Waals surface area contributed by atoms with E-state index < -0.39 is 80.1 Å². The number of nitrogens with one attached hydrogen (secondary N) is 1. The summed E-state index contributed by atoms with van der Waals surface area (Å²) in [4.78, 5) is 32.5. The van der Waals surface area contributed by atoms with Crippen molar-refractivity contribution in [3.05, 3.63) is 31.0 Å². The number of hydrogen-bond donors (Lipinski definition) is 3. The number of alkyl halides is 1. The number of nitrogens with zero attached hydrogens (tertiary/aromatic N) is 7. The summed E-state index contributed by atoms with van der Waals surface area (Å²) in [5, 5.41) is -0.0869.